The van der Waals surface area contributed by atoms with Crippen LogP contribution in [0, 0.1) is 11.3 Å². The molecule has 1 aromatic carbocycles. The number of carbonyl (C=O) groups excluding carboxylic acids is 1. The molecular weight excluding hydrogens is 302 g/mol. The van der Waals surface area contributed by atoms with Crippen molar-refractivity contribution in [1.82, 2.24) is 9.80 Å². The third kappa shape index (κ3) is 3.61. The Kier molecular flexibility index (Phi) is 5.17. The molecule has 0 aromatic heterocycles. The Morgan fingerprint density at radius 1 is 1.33 bits per heavy atom. The van der Waals surface area contributed by atoms with Crippen molar-refractivity contribution in [3.05, 3.63) is 35.4 Å². The van der Waals surface area contributed by atoms with Crippen LogP contribution in [-0.2, 0) is 16.1 Å². The van der Waals surface area contributed by atoms with E-state index in [1.54, 1.807) is 0 Å². The number of carbonyl (C=O) groups is 1. The molecule has 0 bridgehead atoms. The second-order valence-corrected chi connectivity index (χ2v) is 6.98. The van der Waals surface area contributed by atoms with Crippen molar-refractivity contribution in [2.75, 3.05) is 19.7 Å². The fourth-order valence-electron chi connectivity index (χ4n) is 3.89. The molecule has 5 heteroatoms. The zero-order chi connectivity index (χ0) is 17.1. The number of hydrogen-bond donors (Lipinski definition) is 0. The van der Waals surface area contributed by atoms with Gasteiger partial charge in [0.1, 0.15) is 6.61 Å². The number of fused-ring (bicyclic) bond motifs is 1. The summed E-state index contributed by atoms with van der Waals surface area (Å²) in [5.74, 6) is 0.112. The summed E-state index contributed by atoms with van der Waals surface area (Å²) < 4.78 is 5.83. The Morgan fingerprint density at radius 2 is 2.12 bits per heavy atom. The molecule has 128 valence electrons. The first-order valence-electron chi connectivity index (χ1n) is 8.72. The van der Waals surface area contributed by atoms with E-state index in [2.05, 4.69) is 30.9 Å². The first-order chi connectivity index (χ1) is 11.6. The van der Waals surface area contributed by atoms with Crippen molar-refractivity contribution >= 4 is 5.91 Å². The highest BCUT2D eigenvalue weighted by Gasteiger charge is 2.39. The number of rotatable bonds is 3. The van der Waals surface area contributed by atoms with Gasteiger partial charge in [0.05, 0.1) is 23.8 Å². The molecule has 0 saturated carbocycles. The SMILES string of the molecule is CC(C)N1C(=O)CO[C@H]2CCN(Cc3cccc(C#N)c3)CC[C@@H]21. The Hall–Kier alpha value is -1.90. The van der Waals surface area contributed by atoms with E-state index in [1.807, 2.05) is 23.1 Å². The monoisotopic (exact) mass is 327 g/mol. The van der Waals surface area contributed by atoms with E-state index in [-0.39, 0.29) is 30.7 Å². The zero-order valence-electron chi connectivity index (χ0n) is 14.4. The minimum atomic E-state index is 0.112. The van der Waals surface area contributed by atoms with Crippen molar-refractivity contribution < 1.29 is 9.53 Å². The lowest BCUT2D eigenvalue weighted by Crippen LogP contribution is -2.56. The van der Waals surface area contributed by atoms with Crippen LogP contribution in [-0.4, -0.2) is 53.6 Å². The van der Waals surface area contributed by atoms with E-state index in [1.165, 1.54) is 0 Å². The van der Waals surface area contributed by atoms with E-state index in [0.29, 0.717) is 5.56 Å². The maximum absolute atomic E-state index is 12.2. The first kappa shape index (κ1) is 16.9. The summed E-state index contributed by atoms with van der Waals surface area (Å²) in [6, 6.07) is 10.4. The summed E-state index contributed by atoms with van der Waals surface area (Å²) in [6.07, 6.45) is 2.02. The molecule has 0 radical (unpaired) electrons. The van der Waals surface area contributed by atoms with Crippen LogP contribution in [0.15, 0.2) is 24.3 Å². The molecule has 2 heterocycles. The molecule has 3 rings (SSSR count). The molecule has 2 atom stereocenters. The van der Waals surface area contributed by atoms with Gasteiger partial charge in [-0.15, -0.1) is 0 Å². The van der Waals surface area contributed by atoms with E-state index in [9.17, 15) is 4.79 Å². The Labute approximate surface area is 143 Å². The maximum atomic E-state index is 12.2. The fourth-order valence-corrected chi connectivity index (χ4v) is 3.89. The minimum absolute atomic E-state index is 0.112. The lowest BCUT2D eigenvalue weighted by molar-refractivity contribution is -0.160. The Balaban J connectivity index is 1.68. The third-order valence-electron chi connectivity index (χ3n) is 4.98. The molecule has 2 fully saturated rings. The molecule has 2 aliphatic heterocycles. The van der Waals surface area contributed by atoms with Crippen LogP contribution in [0.1, 0.15) is 37.8 Å². The highest BCUT2D eigenvalue weighted by Crippen LogP contribution is 2.26. The van der Waals surface area contributed by atoms with Gasteiger partial charge >= 0.3 is 0 Å². The van der Waals surface area contributed by atoms with Crippen molar-refractivity contribution in [2.45, 2.75) is 51.4 Å². The molecule has 0 spiro atoms. The summed E-state index contributed by atoms with van der Waals surface area (Å²) in [5.41, 5.74) is 1.87. The molecule has 0 unspecified atom stereocenters. The lowest BCUT2D eigenvalue weighted by Gasteiger charge is -2.42. The van der Waals surface area contributed by atoms with Crippen molar-refractivity contribution in [3.8, 4) is 6.07 Å². The van der Waals surface area contributed by atoms with Gasteiger partial charge in [-0.05, 0) is 44.4 Å². The number of likely N-dealkylation sites (tertiary alicyclic amines) is 1. The van der Waals surface area contributed by atoms with Crippen LogP contribution < -0.4 is 0 Å². The largest absolute Gasteiger partial charge is 0.366 e. The van der Waals surface area contributed by atoms with Gasteiger partial charge in [0.15, 0.2) is 0 Å². The van der Waals surface area contributed by atoms with Gasteiger partial charge in [0, 0.05) is 25.7 Å². The van der Waals surface area contributed by atoms with Crippen molar-refractivity contribution in [3.63, 3.8) is 0 Å². The number of amides is 1. The topological polar surface area (TPSA) is 56.6 Å². The van der Waals surface area contributed by atoms with Gasteiger partial charge in [-0.3, -0.25) is 9.69 Å². The molecular formula is C19H25N3O2. The highest BCUT2D eigenvalue weighted by molar-refractivity contribution is 5.78. The quantitative estimate of drug-likeness (QED) is 0.854. The number of hydrogen-bond acceptors (Lipinski definition) is 4. The van der Waals surface area contributed by atoms with E-state index < -0.39 is 0 Å². The molecule has 1 amide bonds. The van der Waals surface area contributed by atoms with E-state index >= 15 is 0 Å². The summed E-state index contributed by atoms with van der Waals surface area (Å²) in [5, 5.41) is 9.04. The predicted octanol–water partition coefficient (Wildman–Crippen LogP) is 2.16. The lowest BCUT2D eigenvalue weighted by atomic mass is 10.0. The number of nitrogens with zero attached hydrogens (tertiary/aromatic N) is 3. The van der Waals surface area contributed by atoms with Crippen LogP contribution in [0.4, 0.5) is 0 Å². The van der Waals surface area contributed by atoms with Gasteiger partial charge in [-0.25, -0.2) is 0 Å². The summed E-state index contributed by atoms with van der Waals surface area (Å²) in [6.45, 7) is 7.11. The number of benzene rings is 1. The molecule has 0 N–H and O–H groups in total. The number of morpholine rings is 1. The van der Waals surface area contributed by atoms with E-state index in [4.69, 9.17) is 10.00 Å². The fraction of sp³-hybridized carbons (Fsp3) is 0.579. The van der Waals surface area contributed by atoms with Gasteiger partial charge in [0.25, 0.3) is 0 Å². The van der Waals surface area contributed by atoms with Gasteiger partial charge in [-0.1, -0.05) is 12.1 Å². The van der Waals surface area contributed by atoms with Crippen LogP contribution in [0.25, 0.3) is 0 Å². The standard InChI is InChI=1S/C19H25N3O2/c1-14(2)22-17-6-8-21(9-7-18(17)24-13-19(22)23)12-16-5-3-4-15(10-16)11-20/h3-5,10,14,17-18H,6-9,12-13H2,1-2H3/t17-,18-/m0/s1. The van der Waals surface area contributed by atoms with Crippen LogP contribution in [0.3, 0.4) is 0 Å². The normalized spacial score (nSPS) is 25.2. The molecule has 24 heavy (non-hydrogen) atoms. The van der Waals surface area contributed by atoms with Gasteiger partial charge < -0.3 is 9.64 Å². The molecule has 0 aliphatic carbocycles. The Morgan fingerprint density at radius 3 is 2.88 bits per heavy atom. The van der Waals surface area contributed by atoms with Crippen LogP contribution in [0.2, 0.25) is 0 Å². The van der Waals surface area contributed by atoms with Crippen LogP contribution in [0.5, 0.6) is 0 Å². The van der Waals surface area contributed by atoms with Gasteiger partial charge in [0.2, 0.25) is 5.91 Å². The predicted molar refractivity (Wildman–Crippen MR) is 91.2 cm³/mol. The smallest absolute Gasteiger partial charge is 0.249 e. The van der Waals surface area contributed by atoms with Crippen LogP contribution >= 0.6 is 0 Å². The summed E-state index contributed by atoms with van der Waals surface area (Å²) >= 11 is 0. The number of nitriles is 1. The first-order valence-corrected chi connectivity index (χ1v) is 8.72. The number of ether oxygens (including phenoxy) is 1. The van der Waals surface area contributed by atoms with Crippen molar-refractivity contribution in [1.29, 1.82) is 5.26 Å². The third-order valence-corrected chi connectivity index (χ3v) is 4.98. The molecule has 5 nitrogen and oxygen atoms in total. The second kappa shape index (κ2) is 7.33. The second-order valence-electron chi connectivity index (χ2n) is 6.98. The maximum Gasteiger partial charge on any atom is 0.249 e. The van der Waals surface area contributed by atoms with E-state index in [0.717, 1.165) is 38.0 Å². The zero-order valence-corrected chi connectivity index (χ0v) is 14.4. The molecule has 2 saturated heterocycles. The molecule has 1 aromatic rings. The van der Waals surface area contributed by atoms with Crippen molar-refractivity contribution in [2.24, 2.45) is 0 Å². The summed E-state index contributed by atoms with van der Waals surface area (Å²) in [4.78, 5) is 16.6. The van der Waals surface area contributed by atoms with Gasteiger partial charge in [-0.2, -0.15) is 5.26 Å². The highest BCUT2D eigenvalue weighted by atomic mass is 16.5. The average Bonchev–Trinajstić information content (AvgIpc) is 2.77. The minimum Gasteiger partial charge on any atom is -0.366 e. The average molecular weight is 327 g/mol. The Bertz CT molecular complexity index is 638. The molecule has 2 aliphatic rings. The summed E-state index contributed by atoms with van der Waals surface area (Å²) in [7, 11) is 0.